The predicted octanol–water partition coefficient (Wildman–Crippen LogP) is 3.51. The zero-order valence-electron chi connectivity index (χ0n) is 16.8. The van der Waals surface area contributed by atoms with E-state index in [0.29, 0.717) is 18.7 Å². The molecule has 148 valence electrons. The van der Waals surface area contributed by atoms with Gasteiger partial charge in [-0.15, -0.1) is 0 Å². The first-order valence-corrected chi connectivity index (χ1v) is 10.3. The summed E-state index contributed by atoms with van der Waals surface area (Å²) in [5.74, 6) is -0.153. The van der Waals surface area contributed by atoms with Crippen LogP contribution in [0.3, 0.4) is 0 Å². The lowest BCUT2D eigenvalue weighted by Gasteiger charge is -2.29. The molecule has 2 aromatic rings. The molecule has 2 heterocycles. The molecule has 4 rings (SSSR count). The number of piperidine rings is 1. The lowest BCUT2D eigenvalue weighted by molar-refractivity contribution is -0.144. The summed E-state index contributed by atoms with van der Waals surface area (Å²) in [6.45, 7) is 4.29. The van der Waals surface area contributed by atoms with Crippen molar-refractivity contribution in [1.82, 2.24) is 9.88 Å². The van der Waals surface area contributed by atoms with E-state index in [9.17, 15) is 10.1 Å². The molecule has 0 bridgehead atoms. The molecule has 1 saturated heterocycles. The Hall–Kier alpha value is -2.97. The number of rotatable bonds is 3. The number of carbonyl (C=O) groups is 1. The van der Waals surface area contributed by atoms with Gasteiger partial charge < -0.3 is 4.74 Å². The maximum absolute atomic E-state index is 11.8. The van der Waals surface area contributed by atoms with Gasteiger partial charge in [-0.05, 0) is 67.5 Å². The number of aryl methyl sites for hydroxylation is 2. The third-order valence-corrected chi connectivity index (χ3v) is 5.77. The molecule has 29 heavy (non-hydrogen) atoms. The van der Waals surface area contributed by atoms with Crippen molar-refractivity contribution in [2.45, 2.75) is 32.6 Å². The average Bonchev–Trinajstić information content (AvgIpc) is 2.91. The molecule has 1 fully saturated rings. The number of carbonyl (C=O) groups excluding carboxylic acids is 1. The highest BCUT2D eigenvalue weighted by Gasteiger charge is 2.25. The number of ether oxygens (including phenoxy) is 1. The van der Waals surface area contributed by atoms with Crippen LogP contribution in [0.25, 0.3) is 5.57 Å². The molecule has 0 radical (unpaired) electrons. The number of hydrogen-bond acceptors (Lipinski definition) is 5. The summed E-state index contributed by atoms with van der Waals surface area (Å²) in [5, 5.41) is 9.32. The number of nitrogens with zero attached hydrogens (tertiary/aromatic N) is 3. The Morgan fingerprint density at radius 2 is 1.97 bits per heavy atom. The van der Waals surface area contributed by atoms with Gasteiger partial charge in [-0.3, -0.25) is 14.7 Å². The molecule has 0 saturated carbocycles. The van der Waals surface area contributed by atoms with E-state index >= 15 is 0 Å². The Labute approximate surface area is 171 Å². The van der Waals surface area contributed by atoms with Crippen LogP contribution in [-0.4, -0.2) is 42.1 Å². The number of likely N-dealkylation sites (tertiary alicyclic amines) is 1. The smallest absolute Gasteiger partial charge is 0.320 e. The molecule has 1 aliphatic carbocycles. The van der Waals surface area contributed by atoms with Crippen LogP contribution < -0.4 is 0 Å². The minimum atomic E-state index is -0.153. The fourth-order valence-electron chi connectivity index (χ4n) is 4.35. The quantitative estimate of drug-likeness (QED) is 0.754. The van der Waals surface area contributed by atoms with Crippen molar-refractivity contribution in [3.05, 3.63) is 70.0 Å². The first-order chi connectivity index (χ1) is 14.2. The summed E-state index contributed by atoms with van der Waals surface area (Å²) in [7, 11) is 0. The molecule has 5 heteroatoms. The van der Waals surface area contributed by atoms with Crippen molar-refractivity contribution in [3.8, 4) is 6.07 Å². The number of nitriles is 1. The van der Waals surface area contributed by atoms with Gasteiger partial charge in [0.05, 0.1) is 30.5 Å². The third-order valence-electron chi connectivity index (χ3n) is 5.77. The Kier molecular flexibility index (Phi) is 5.73. The van der Waals surface area contributed by atoms with Crippen molar-refractivity contribution in [3.63, 3.8) is 0 Å². The van der Waals surface area contributed by atoms with Gasteiger partial charge in [0.15, 0.2) is 0 Å². The van der Waals surface area contributed by atoms with Gasteiger partial charge in [-0.1, -0.05) is 17.7 Å². The van der Waals surface area contributed by atoms with E-state index < -0.39 is 0 Å². The third kappa shape index (κ3) is 4.08. The lowest BCUT2D eigenvalue weighted by Crippen LogP contribution is -2.36. The van der Waals surface area contributed by atoms with Crippen molar-refractivity contribution in [2.75, 3.05) is 26.2 Å². The normalized spacial score (nSPS) is 16.4. The first kappa shape index (κ1) is 19.4. The van der Waals surface area contributed by atoms with Crippen LogP contribution in [0.1, 0.15) is 47.7 Å². The van der Waals surface area contributed by atoms with E-state index in [4.69, 9.17) is 9.72 Å². The SMILES string of the molecule is CCOC(=O)CN1CCC(=C2c3ccc(C#N)cc3CCc3cccnc32)CC1. The van der Waals surface area contributed by atoms with Gasteiger partial charge in [0, 0.05) is 24.9 Å². The van der Waals surface area contributed by atoms with Crippen molar-refractivity contribution >= 4 is 11.5 Å². The Bertz CT molecular complexity index is 993. The summed E-state index contributed by atoms with van der Waals surface area (Å²) in [5.41, 5.74) is 8.08. The number of hydrogen-bond donors (Lipinski definition) is 0. The summed E-state index contributed by atoms with van der Waals surface area (Å²) in [4.78, 5) is 18.7. The molecule has 5 nitrogen and oxygen atoms in total. The largest absolute Gasteiger partial charge is 0.465 e. The number of benzene rings is 1. The second-order valence-electron chi connectivity index (χ2n) is 7.55. The van der Waals surface area contributed by atoms with Crippen LogP contribution >= 0.6 is 0 Å². The molecule has 2 aliphatic rings. The van der Waals surface area contributed by atoms with Gasteiger partial charge >= 0.3 is 5.97 Å². The Balaban J connectivity index is 1.69. The van der Waals surface area contributed by atoms with Crippen LogP contribution in [0.15, 0.2) is 42.1 Å². The summed E-state index contributed by atoms with van der Waals surface area (Å²) in [6, 6.07) is 12.4. The van der Waals surface area contributed by atoms with Gasteiger partial charge in [0.1, 0.15) is 0 Å². The van der Waals surface area contributed by atoms with Gasteiger partial charge in [-0.25, -0.2) is 0 Å². The number of pyridine rings is 1. The topological polar surface area (TPSA) is 66.2 Å². The van der Waals surface area contributed by atoms with Crippen LogP contribution in [0.5, 0.6) is 0 Å². The van der Waals surface area contributed by atoms with E-state index in [0.717, 1.165) is 44.5 Å². The number of aromatic nitrogens is 1. The maximum atomic E-state index is 11.8. The zero-order chi connectivity index (χ0) is 20.2. The second-order valence-corrected chi connectivity index (χ2v) is 7.55. The minimum Gasteiger partial charge on any atom is -0.465 e. The van der Waals surface area contributed by atoms with Gasteiger partial charge in [-0.2, -0.15) is 5.26 Å². The second kappa shape index (κ2) is 8.59. The molecule has 1 aliphatic heterocycles. The zero-order valence-corrected chi connectivity index (χ0v) is 16.8. The highest BCUT2D eigenvalue weighted by atomic mass is 16.5. The highest BCUT2D eigenvalue weighted by molar-refractivity contribution is 5.84. The Morgan fingerprint density at radius 3 is 2.72 bits per heavy atom. The monoisotopic (exact) mass is 387 g/mol. The molecule has 1 aromatic carbocycles. The molecule has 0 amide bonds. The highest BCUT2D eigenvalue weighted by Crippen LogP contribution is 2.37. The molecule has 0 N–H and O–H groups in total. The van der Waals surface area contributed by atoms with Crippen molar-refractivity contribution < 1.29 is 9.53 Å². The summed E-state index contributed by atoms with van der Waals surface area (Å²) >= 11 is 0. The van der Waals surface area contributed by atoms with E-state index in [2.05, 4.69) is 23.1 Å². The Morgan fingerprint density at radius 1 is 1.17 bits per heavy atom. The van der Waals surface area contributed by atoms with E-state index in [1.165, 1.54) is 27.8 Å². The minimum absolute atomic E-state index is 0.153. The average molecular weight is 387 g/mol. The van der Waals surface area contributed by atoms with Crippen molar-refractivity contribution in [2.24, 2.45) is 0 Å². The fourth-order valence-corrected chi connectivity index (χ4v) is 4.35. The predicted molar refractivity (Wildman–Crippen MR) is 111 cm³/mol. The van der Waals surface area contributed by atoms with Crippen LogP contribution in [0.2, 0.25) is 0 Å². The molecule has 0 atom stereocenters. The number of esters is 1. The van der Waals surface area contributed by atoms with Crippen LogP contribution in [0.4, 0.5) is 0 Å². The number of fused-ring (bicyclic) bond motifs is 2. The molecule has 1 aromatic heterocycles. The lowest BCUT2D eigenvalue weighted by atomic mass is 9.88. The fraction of sp³-hybridized carbons (Fsp3) is 0.375. The molecular weight excluding hydrogens is 362 g/mol. The van der Waals surface area contributed by atoms with Gasteiger partial charge in [0.25, 0.3) is 0 Å². The van der Waals surface area contributed by atoms with Crippen LogP contribution in [0, 0.1) is 11.3 Å². The van der Waals surface area contributed by atoms with E-state index in [1.54, 1.807) is 0 Å². The standard InChI is InChI=1S/C24H25N3O2/c1-2-29-22(28)16-27-12-9-18(10-13-27)23-21-8-5-17(15-25)14-20(21)7-6-19-4-3-11-26-24(19)23/h3-5,8,11,14H,2,6-7,9-10,12-13,16H2,1H3. The summed E-state index contributed by atoms with van der Waals surface area (Å²) in [6.07, 6.45) is 5.52. The molecule has 0 spiro atoms. The first-order valence-electron chi connectivity index (χ1n) is 10.3. The molecular formula is C24H25N3O2. The van der Waals surface area contributed by atoms with Gasteiger partial charge in [0.2, 0.25) is 0 Å². The van der Waals surface area contributed by atoms with Crippen LogP contribution in [-0.2, 0) is 22.4 Å². The van der Waals surface area contributed by atoms with E-state index in [1.807, 2.05) is 31.3 Å². The van der Waals surface area contributed by atoms with Crippen molar-refractivity contribution in [1.29, 1.82) is 5.26 Å². The molecule has 0 unspecified atom stereocenters. The van der Waals surface area contributed by atoms with E-state index in [-0.39, 0.29) is 5.97 Å². The summed E-state index contributed by atoms with van der Waals surface area (Å²) < 4.78 is 5.09. The maximum Gasteiger partial charge on any atom is 0.320 e.